The van der Waals surface area contributed by atoms with Crippen LogP contribution in [0.5, 0.6) is 5.75 Å². The smallest absolute Gasteiger partial charge is 0.251 e. The van der Waals surface area contributed by atoms with E-state index < -0.39 is 15.9 Å². The van der Waals surface area contributed by atoms with Crippen molar-refractivity contribution in [1.29, 1.82) is 0 Å². The Labute approximate surface area is 189 Å². The van der Waals surface area contributed by atoms with Gasteiger partial charge in [0.25, 0.3) is 5.91 Å². The number of carbonyl (C=O) groups excluding carboxylic acids is 2. The lowest BCUT2D eigenvalue weighted by atomic mass is 10.0. The molecule has 0 spiro atoms. The SMILES string of the molecule is CCOc1ccc(NC(=O)CNC(=O)c2ccc(S(=O)(=O)N3CCC(C)CC3)cc2)cc1. The number of hydrogen-bond donors (Lipinski definition) is 2. The number of nitrogens with zero attached hydrogens (tertiary/aromatic N) is 1. The minimum atomic E-state index is -3.57. The van der Waals surface area contributed by atoms with Crippen LogP contribution in [0, 0.1) is 5.92 Å². The Morgan fingerprint density at radius 1 is 1.03 bits per heavy atom. The zero-order valence-corrected chi connectivity index (χ0v) is 19.2. The summed E-state index contributed by atoms with van der Waals surface area (Å²) in [7, 11) is -3.57. The van der Waals surface area contributed by atoms with Crippen molar-refractivity contribution in [2.75, 3.05) is 31.6 Å². The second-order valence-corrected chi connectivity index (χ2v) is 9.74. The molecule has 9 heteroatoms. The molecule has 32 heavy (non-hydrogen) atoms. The van der Waals surface area contributed by atoms with Crippen molar-refractivity contribution in [2.24, 2.45) is 5.92 Å². The molecule has 2 aromatic rings. The molecule has 2 aromatic carbocycles. The molecule has 0 saturated carbocycles. The van der Waals surface area contributed by atoms with Crippen LogP contribution in [0.4, 0.5) is 5.69 Å². The van der Waals surface area contributed by atoms with Gasteiger partial charge in [0.1, 0.15) is 5.75 Å². The van der Waals surface area contributed by atoms with Crippen molar-refractivity contribution in [2.45, 2.75) is 31.6 Å². The number of amides is 2. The van der Waals surface area contributed by atoms with E-state index in [2.05, 4.69) is 17.6 Å². The Balaban J connectivity index is 1.52. The van der Waals surface area contributed by atoms with Crippen LogP contribution in [0.2, 0.25) is 0 Å². The fourth-order valence-electron chi connectivity index (χ4n) is 3.42. The Bertz CT molecular complexity index is 1030. The maximum Gasteiger partial charge on any atom is 0.251 e. The van der Waals surface area contributed by atoms with Crippen LogP contribution in [0.15, 0.2) is 53.4 Å². The fraction of sp³-hybridized carbons (Fsp3) is 0.391. The average molecular weight is 460 g/mol. The molecule has 0 bridgehead atoms. The van der Waals surface area contributed by atoms with E-state index in [-0.39, 0.29) is 22.9 Å². The molecule has 3 rings (SSSR count). The second kappa shape index (κ2) is 10.6. The monoisotopic (exact) mass is 459 g/mol. The van der Waals surface area contributed by atoms with Gasteiger partial charge in [0.15, 0.2) is 0 Å². The number of hydrogen-bond acceptors (Lipinski definition) is 5. The van der Waals surface area contributed by atoms with Crippen LogP contribution in [-0.2, 0) is 14.8 Å². The Morgan fingerprint density at radius 3 is 2.25 bits per heavy atom. The summed E-state index contributed by atoms with van der Waals surface area (Å²) in [5.74, 6) is 0.405. The summed E-state index contributed by atoms with van der Waals surface area (Å²) in [5, 5.41) is 5.23. The van der Waals surface area contributed by atoms with E-state index in [0.717, 1.165) is 12.8 Å². The number of piperidine rings is 1. The van der Waals surface area contributed by atoms with Gasteiger partial charge in [0, 0.05) is 24.3 Å². The van der Waals surface area contributed by atoms with E-state index in [4.69, 9.17) is 4.74 Å². The minimum absolute atomic E-state index is 0.164. The number of anilines is 1. The molecule has 1 fully saturated rings. The van der Waals surface area contributed by atoms with E-state index in [9.17, 15) is 18.0 Å². The van der Waals surface area contributed by atoms with Gasteiger partial charge in [-0.15, -0.1) is 0 Å². The Morgan fingerprint density at radius 2 is 1.66 bits per heavy atom. The maximum atomic E-state index is 12.8. The number of rotatable bonds is 8. The number of nitrogens with one attached hydrogen (secondary N) is 2. The summed E-state index contributed by atoms with van der Waals surface area (Å²) in [6.45, 7) is 5.38. The molecular formula is C23H29N3O5S. The maximum absolute atomic E-state index is 12.8. The highest BCUT2D eigenvalue weighted by Gasteiger charge is 2.28. The van der Waals surface area contributed by atoms with E-state index in [1.54, 1.807) is 24.3 Å². The highest BCUT2D eigenvalue weighted by molar-refractivity contribution is 7.89. The molecule has 0 radical (unpaired) electrons. The average Bonchev–Trinajstić information content (AvgIpc) is 2.79. The van der Waals surface area contributed by atoms with Gasteiger partial charge in [-0.25, -0.2) is 8.42 Å². The van der Waals surface area contributed by atoms with Crippen LogP contribution in [0.3, 0.4) is 0 Å². The van der Waals surface area contributed by atoms with Gasteiger partial charge in [0.2, 0.25) is 15.9 Å². The molecule has 2 amide bonds. The lowest BCUT2D eigenvalue weighted by Crippen LogP contribution is -2.37. The fourth-order valence-corrected chi connectivity index (χ4v) is 4.89. The first-order chi connectivity index (χ1) is 15.3. The van der Waals surface area contributed by atoms with Crippen molar-refractivity contribution < 1.29 is 22.7 Å². The van der Waals surface area contributed by atoms with Crippen LogP contribution in [0.1, 0.15) is 37.0 Å². The minimum Gasteiger partial charge on any atom is -0.494 e. The molecular weight excluding hydrogens is 430 g/mol. The normalized spacial score (nSPS) is 15.2. The molecule has 1 aliphatic rings. The number of benzene rings is 2. The summed E-state index contributed by atoms with van der Waals surface area (Å²) < 4.78 is 32.4. The third-order valence-electron chi connectivity index (χ3n) is 5.36. The van der Waals surface area contributed by atoms with Crippen LogP contribution < -0.4 is 15.4 Å². The lowest BCUT2D eigenvalue weighted by molar-refractivity contribution is -0.115. The standard InChI is InChI=1S/C23H29N3O5S/c1-3-31-20-8-6-19(7-9-20)25-22(27)16-24-23(28)18-4-10-21(11-5-18)32(29,30)26-14-12-17(2)13-15-26/h4-11,17H,3,12-16H2,1-2H3,(H,24,28)(H,25,27). The summed E-state index contributed by atoms with van der Waals surface area (Å²) in [5.41, 5.74) is 0.874. The first-order valence-electron chi connectivity index (χ1n) is 10.7. The first-order valence-corrected chi connectivity index (χ1v) is 12.1. The summed E-state index contributed by atoms with van der Waals surface area (Å²) in [4.78, 5) is 24.6. The molecule has 0 aliphatic carbocycles. The van der Waals surface area contributed by atoms with Crippen molar-refractivity contribution in [3.8, 4) is 5.75 Å². The predicted molar refractivity (Wildman–Crippen MR) is 122 cm³/mol. The molecule has 1 saturated heterocycles. The van der Waals surface area contributed by atoms with Gasteiger partial charge in [0.05, 0.1) is 18.0 Å². The quantitative estimate of drug-likeness (QED) is 0.632. The third-order valence-corrected chi connectivity index (χ3v) is 7.27. The highest BCUT2D eigenvalue weighted by Crippen LogP contribution is 2.23. The second-order valence-electron chi connectivity index (χ2n) is 7.80. The molecule has 0 aromatic heterocycles. The van der Waals surface area contributed by atoms with Gasteiger partial charge >= 0.3 is 0 Å². The molecule has 2 N–H and O–H groups in total. The predicted octanol–water partition coefficient (Wildman–Crippen LogP) is 2.87. The number of ether oxygens (including phenoxy) is 1. The first kappa shape index (κ1) is 23.7. The number of carbonyl (C=O) groups is 2. The largest absolute Gasteiger partial charge is 0.494 e. The molecule has 0 atom stereocenters. The summed E-state index contributed by atoms with van der Waals surface area (Å²) in [6, 6.07) is 12.7. The Hall–Kier alpha value is -2.91. The van der Waals surface area contributed by atoms with Gasteiger partial charge in [-0.1, -0.05) is 6.92 Å². The molecule has 172 valence electrons. The van der Waals surface area contributed by atoms with Gasteiger partial charge in [-0.05, 0) is 74.2 Å². The van der Waals surface area contributed by atoms with E-state index >= 15 is 0 Å². The highest BCUT2D eigenvalue weighted by atomic mass is 32.2. The zero-order chi connectivity index (χ0) is 23.1. The van der Waals surface area contributed by atoms with Crippen LogP contribution >= 0.6 is 0 Å². The molecule has 8 nitrogen and oxygen atoms in total. The van der Waals surface area contributed by atoms with Crippen molar-refractivity contribution in [3.05, 3.63) is 54.1 Å². The van der Waals surface area contributed by atoms with Crippen molar-refractivity contribution in [1.82, 2.24) is 9.62 Å². The van der Waals surface area contributed by atoms with Crippen LogP contribution in [0.25, 0.3) is 0 Å². The van der Waals surface area contributed by atoms with E-state index in [0.29, 0.717) is 37.1 Å². The molecule has 0 unspecified atom stereocenters. The molecule has 1 heterocycles. The zero-order valence-electron chi connectivity index (χ0n) is 18.3. The summed E-state index contributed by atoms with van der Waals surface area (Å²) in [6.07, 6.45) is 1.69. The summed E-state index contributed by atoms with van der Waals surface area (Å²) >= 11 is 0. The topological polar surface area (TPSA) is 105 Å². The van der Waals surface area contributed by atoms with Crippen molar-refractivity contribution >= 4 is 27.5 Å². The van der Waals surface area contributed by atoms with E-state index in [1.165, 1.54) is 28.6 Å². The Kier molecular flexibility index (Phi) is 7.87. The molecule has 1 aliphatic heterocycles. The third kappa shape index (κ3) is 6.08. The van der Waals surface area contributed by atoms with Gasteiger partial charge in [-0.2, -0.15) is 4.31 Å². The number of sulfonamides is 1. The van der Waals surface area contributed by atoms with Gasteiger partial charge < -0.3 is 15.4 Å². The van der Waals surface area contributed by atoms with Crippen molar-refractivity contribution in [3.63, 3.8) is 0 Å². The van der Waals surface area contributed by atoms with Gasteiger partial charge in [-0.3, -0.25) is 9.59 Å². The van der Waals surface area contributed by atoms with E-state index in [1.807, 2.05) is 6.92 Å². The van der Waals surface area contributed by atoms with Crippen LogP contribution in [-0.4, -0.2) is 50.8 Å². The lowest BCUT2D eigenvalue weighted by Gasteiger charge is -2.29.